The summed E-state index contributed by atoms with van der Waals surface area (Å²) < 4.78 is 13.6. The van der Waals surface area contributed by atoms with Crippen LogP contribution in [0.4, 0.5) is 5.69 Å². The molecular formula is C21H21BrN4O4. The number of carbonyl (C=O) groups excluding carboxylic acids is 2. The lowest BCUT2D eigenvalue weighted by Crippen LogP contribution is -2.21. The molecule has 0 radical (unpaired) electrons. The minimum Gasteiger partial charge on any atom is -0.496 e. The highest BCUT2D eigenvalue weighted by molar-refractivity contribution is 9.10. The molecule has 0 aliphatic heterocycles. The number of nitrogens with one attached hydrogen (secondary N) is 2. The van der Waals surface area contributed by atoms with Crippen molar-refractivity contribution in [1.29, 1.82) is 0 Å². The van der Waals surface area contributed by atoms with Gasteiger partial charge in [0, 0.05) is 31.4 Å². The Bertz CT molecular complexity index is 1080. The topological polar surface area (TPSA) is 94.5 Å². The van der Waals surface area contributed by atoms with E-state index in [0.29, 0.717) is 28.3 Å². The van der Waals surface area contributed by atoms with Gasteiger partial charge in [0.15, 0.2) is 5.69 Å². The molecule has 8 nitrogen and oxygen atoms in total. The third kappa shape index (κ3) is 4.80. The quantitative estimate of drug-likeness (QED) is 0.549. The SMILES string of the molecule is CNC(=O)c1nn(C)cc1NC(=O)c1ccc(OC)c(COc2ccccc2Br)c1. The second kappa shape index (κ2) is 9.45. The van der Waals surface area contributed by atoms with Gasteiger partial charge in [-0.1, -0.05) is 12.1 Å². The predicted octanol–water partition coefficient (Wildman–Crippen LogP) is 3.38. The average molecular weight is 473 g/mol. The van der Waals surface area contributed by atoms with E-state index in [0.717, 1.165) is 4.47 Å². The van der Waals surface area contributed by atoms with Crippen LogP contribution >= 0.6 is 15.9 Å². The molecule has 0 unspecified atom stereocenters. The Morgan fingerprint density at radius 1 is 1.13 bits per heavy atom. The summed E-state index contributed by atoms with van der Waals surface area (Å²) in [6.45, 7) is 0.212. The minimum absolute atomic E-state index is 0.138. The van der Waals surface area contributed by atoms with Gasteiger partial charge in [0.25, 0.3) is 11.8 Å². The molecule has 1 aromatic heterocycles. The highest BCUT2D eigenvalue weighted by atomic mass is 79.9. The highest BCUT2D eigenvalue weighted by Gasteiger charge is 2.18. The van der Waals surface area contributed by atoms with Gasteiger partial charge in [-0.15, -0.1) is 0 Å². The Morgan fingerprint density at radius 3 is 2.60 bits per heavy atom. The molecule has 0 spiro atoms. The van der Waals surface area contributed by atoms with Crippen LogP contribution in [0, 0.1) is 0 Å². The first kappa shape index (κ1) is 21.4. The standard InChI is InChI=1S/C21H21BrN4O4/c1-23-21(28)19-16(11-26(2)25-19)24-20(27)13-8-9-17(29-3)14(10-13)12-30-18-7-5-4-6-15(18)22/h4-11H,12H2,1-3H3,(H,23,28)(H,24,27). The number of hydrogen-bond acceptors (Lipinski definition) is 5. The lowest BCUT2D eigenvalue weighted by atomic mass is 10.1. The second-order valence-electron chi connectivity index (χ2n) is 6.34. The molecule has 3 aromatic rings. The molecule has 0 aliphatic carbocycles. The summed E-state index contributed by atoms with van der Waals surface area (Å²) in [5, 5.41) is 9.33. The largest absolute Gasteiger partial charge is 0.496 e. The summed E-state index contributed by atoms with van der Waals surface area (Å²) in [7, 11) is 4.73. The van der Waals surface area contributed by atoms with Crippen LogP contribution in [-0.4, -0.2) is 35.8 Å². The van der Waals surface area contributed by atoms with Gasteiger partial charge in [-0.25, -0.2) is 0 Å². The van der Waals surface area contributed by atoms with E-state index in [1.807, 2.05) is 24.3 Å². The molecule has 0 saturated heterocycles. The zero-order valence-corrected chi connectivity index (χ0v) is 18.3. The molecule has 2 aromatic carbocycles. The van der Waals surface area contributed by atoms with Crippen molar-refractivity contribution in [3.63, 3.8) is 0 Å². The molecule has 0 bridgehead atoms. The average Bonchev–Trinajstić information content (AvgIpc) is 3.12. The number of aromatic nitrogens is 2. The minimum atomic E-state index is -0.386. The fourth-order valence-electron chi connectivity index (χ4n) is 2.81. The summed E-state index contributed by atoms with van der Waals surface area (Å²) in [6, 6.07) is 12.5. The van der Waals surface area contributed by atoms with Crippen molar-refractivity contribution in [3.05, 3.63) is 70.0 Å². The fourth-order valence-corrected chi connectivity index (χ4v) is 3.21. The molecule has 1 heterocycles. The maximum Gasteiger partial charge on any atom is 0.273 e. The number of nitrogens with zero attached hydrogens (tertiary/aromatic N) is 2. The first-order valence-corrected chi connectivity index (χ1v) is 9.83. The second-order valence-corrected chi connectivity index (χ2v) is 7.20. The number of methoxy groups -OCH3 is 1. The highest BCUT2D eigenvalue weighted by Crippen LogP contribution is 2.27. The van der Waals surface area contributed by atoms with Gasteiger partial charge in [0.2, 0.25) is 0 Å². The van der Waals surface area contributed by atoms with Crippen molar-refractivity contribution in [1.82, 2.24) is 15.1 Å². The van der Waals surface area contributed by atoms with Gasteiger partial charge in [-0.2, -0.15) is 5.10 Å². The molecule has 0 fully saturated rings. The molecule has 0 saturated carbocycles. The van der Waals surface area contributed by atoms with Crippen LogP contribution in [0.5, 0.6) is 11.5 Å². The molecule has 30 heavy (non-hydrogen) atoms. The Balaban J connectivity index is 1.81. The van der Waals surface area contributed by atoms with E-state index < -0.39 is 0 Å². The third-order valence-corrected chi connectivity index (χ3v) is 4.94. The molecule has 3 rings (SSSR count). The van der Waals surface area contributed by atoms with Gasteiger partial charge in [-0.3, -0.25) is 14.3 Å². The number of amides is 2. The Hall–Kier alpha value is -3.33. The van der Waals surface area contributed by atoms with Crippen LogP contribution in [0.25, 0.3) is 0 Å². The van der Waals surface area contributed by atoms with Crippen molar-refractivity contribution < 1.29 is 19.1 Å². The molecule has 0 aliphatic rings. The lowest BCUT2D eigenvalue weighted by molar-refractivity contribution is 0.0958. The lowest BCUT2D eigenvalue weighted by Gasteiger charge is -2.13. The number of benzene rings is 2. The van der Waals surface area contributed by atoms with Crippen LogP contribution in [0.2, 0.25) is 0 Å². The van der Waals surface area contributed by atoms with E-state index in [4.69, 9.17) is 9.47 Å². The van der Waals surface area contributed by atoms with Crippen LogP contribution in [-0.2, 0) is 13.7 Å². The Labute approximate surface area is 182 Å². The van der Waals surface area contributed by atoms with Crippen LogP contribution < -0.4 is 20.1 Å². The maximum absolute atomic E-state index is 12.8. The zero-order chi connectivity index (χ0) is 21.7. The Morgan fingerprint density at radius 2 is 1.90 bits per heavy atom. The number of aryl methyl sites for hydroxylation is 1. The number of carbonyl (C=O) groups is 2. The smallest absolute Gasteiger partial charge is 0.273 e. The molecule has 0 atom stereocenters. The molecule has 9 heteroatoms. The van der Waals surface area contributed by atoms with E-state index >= 15 is 0 Å². The summed E-state index contributed by atoms with van der Waals surface area (Å²) in [5.74, 6) is 0.520. The van der Waals surface area contributed by atoms with E-state index in [1.54, 1.807) is 38.6 Å². The van der Waals surface area contributed by atoms with Gasteiger partial charge in [0.05, 0.1) is 17.3 Å². The molecule has 156 valence electrons. The summed E-state index contributed by atoms with van der Waals surface area (Å²) in [6.07, 6.45) is 1.57. The first-order valence-electron chi connectivity index (χ1n) is 9.04. The molecular weight excluding hydrogens is 452 g/mol. The van der Waals surface area contributed by atoms with Gasteiger partial charge < -0.3 is 20.1 Å². The third-order valence-electron chi connectivity index (χ3n) is 4.28. The van der Waals surface area contributed by atoms with Crippen molar-refractivity contribution >= 4 is 33.4 Å². The van der Waals surface area contributed by atoms with E-state index in [-0.39, 0.29) is 24.1 Å². The van der Waals surface area contributed by atoms with Gasteiger partial charge in [-0.05, 0) is 46.3 Å². The number of ether oxygens (including phenoxy) is 2. The van der Waals surface area contributed by atoms with E-state index in [1.165, 1.54) is 11.7 Å². The van der Waals surface area contributed by atoms with Crippen LogP contribution in [0.3, 0.4) is 0 Å². The van der Waals surface area contributed by atoms with Crippen LogP contribution in [0.15, 0.2) is 53.1 Å². The Kier molecular flexibility index (Phi) is 6.73. The first-order chi connectivity index (χ1) is 14.4. The summed E-state index contributed by atoms with van der Waals surface area (Å²) >= 11 is 3.45. The van der Waals surface area contributed by atoms with Crippen molar-refractivity contribution in [2.45, 2.75) is 6.61 Å². The van der Waals surface area contributed by atoms with Gasteiger partial charge in [0.1, 0.15) is 18.1 Å². The van der Waals surface area contributed by atoms with Crippen molar-refractivity contribution in [3.8, 4) is 11.5 Å². The zero-order valence-electron chi connectivity index (χ0n) is 16.7. The number of para-hydroxylation sites is 1. The number of rotatable bonds is 7. The molecule has 2 amide bonds. The maximum atomic E-state index is 12.8. The van der Waals surface area contributed by atoms with Crippen LogP contribution in [0.1, 0.15) is 26.4 Å². The number of hydrogen-bond donors (Lipinski definition) is 2. The number of anilines is 1. The predicted molar refractivity (Wildman–Crippen MR) is 116 cm³/mol. The normalized spacial score (nSPS) is 10.4. The summed E-state index contributed by atoms with van der Waals surface area (Å²) in [4.78, 5) is 24.8. The van der Waals surface area contributed by atoms with E-state index in [9.17, 15) is 9.59 Å². The fraction of sp³-hybridized carbons (Fsp3) is 0.190. The summed E-state index contributed by atoms with van der Waals surface area (Å²) in [5.41, 5.74) is 1.56. The van der Waals surface area contributed by atoms with Gasteiger partial charge >= 0.3 is 0 Å². The number of halogens is 1. The monoisotopic (exact) mass is 472 g/mol. The van der Waals surface area contributed by atoms with E-state index in [2.05, 4.69) is 31.7 Å². The molecule has 2 N–H and O–H groups in total. The van der Waals surface area contributed by atoms with Crippen molar-refractivity contribution in [2.75, 3.05) is 19.5 Å². The van der Waals surface area contributed by atoms with Crippen molar-refractivity contribution in [2.24, 2.45) is 7.05 Å².